The number of amides is 1. The number of hydrogen-bond acceptors (Lipinski definition) is 2. The average molecular weight is 288 g/mol. The molecule has 0 radical (unpaired) electrons. The largest absolute Gasteiger partial charge is 0.318 e. The molecule has 1 aliphatic heterocycles. The second-order valence-corrected chi connectivity index (χ2v) is 6.41. The molecule has 3 heteroatoms. The highest BCUT2D eigenvalue weighted by molar-refractivity contribution is 5.84. The molecule has 1 aromatic rings. The van der Waals surface area contributed by atoms with Gasteiger partial charge in [-0.1, -0.05) is 57.5 Å². The number of carbonyl (C=O) groups excluding carboxylic acids is 1. The van der Waals surface area contributed by atoms with E-state index in [1.165, 1.54) is 11.1 Å². The molecule has 0 saturated carbocycles. The van der Waals surface area contributed by atoms with Gasteiger partial charge in [-0.15, -0.1) is 0 Å². The van der Waals surface area contributed by atoms with Crippen LogP contribution in [-0.2, 0) is 4.79 Å². The van der Waals surface area contributed by atoms with Gasteiger partial charge in [0, 0.05) is 6.04 Å². The summed E-state index contributed by atoms with van der Waals surface area (Å²) in [4.78, 5) is 14.8. The average Bonchev–Trinajstić information content (AvgIpc) is 2.78. The van der Waals surface area contributed by atoms with Crippen LogP contribution in [0, 0.1) is 12.8 Å². The molecule has 3 atom stereocenters. The van der Waals surface area contributed by atoms with E-state index in [4.69, 9.17) is 0 Å². The molecule has 0 spiro atoms. The summed E-state index contributed by atoms with van der Waals surface area (Å²) in [5.41, 5.74) is 2.43. The Morgan fingerprint density at radius 1 is 1.19 bits per heavy atom. The van der Waals surface area contributed by atoms with Crippen molar-refractivity contribution in [3.63, 3.8) is 0 Å². The van der Waals surface area contributed by atoms with E-state index in [0.29, 0.717) is 5.92 Å². The van der Waals surface area contributed by atoms with Crippen LogP contribution in [0.1, 0.15) is 57.8 Å². The summed E-state index contributed by atoms with van der Waals surface area (Å²) in [6.07, 6.45) is 1.84. The lowest BCUT2D eigenvalue weighted by Gasteiger charge is -2.35. The first-order valence-corrected chi connectivity index (χ1v) is 8.14. The Labute approximate surface area is 128 Å². The van der Waals surface area contributed by atoms with Crippen molar-refractivity contribution < 1.29 is 4.79 Å². The molecule has 1 saturated heterocycles. The molecule has 1 aromatic carbocycles. The highest BCUT2D eigenvalue weighted by Gasteiger charge is 2.42. The summed E-state index contributed by atoms with van der Waals surface area (Å²) in [7, 11) is 0. The number of benzene rings is 1. The van der Waals surface area contributed by atoms with Crippen molar-refractivity contribution >= 4 is 5.91 Å². The van der Waals surface area contributed by atoms with Gasteiger partial charge >= 0.3 is 0 Å². The van der Waals surface area contributed by atoms with Crippen LogP contribution in [-0.4, -0.2) is 22.9 Å². The lowest BCUT2D eigenvalue weighted by Crippen LogP contribution is -2.42. The van der Waals surface area contributed by atoms with Gasteiger partial charge in [0.05, 0.1) is 6.04 Å². The summed E-state index contributed by atoms with van der Waals surface area (Å²) >= 11 is 0. The van der Waals surface area contributed by atoms with Gasteiger partial charge in [-0.2, -0.15) is 0 Å². The second kappa shape index (κ2) is 6.61. The fraction of sp³-hybridized carbons (Fsp3) is 0.611. The highest BCUT2D eigenvalue weighted by Crippen LogP contribution is 2.32. The highest BCUT2D eigenvalue weighted by atomic mass is 16.2. The first-order chi connectivity index (χ1) is 9.99. The van der Waals surface area contributed by atoms with E-state index in [-0.39, 0.29) is 24.2 Å². The van der Waals surface area contributed by atoms with Gasteiger partial charge in [-0.3, -0.25) is 10.1 Å². The maximum Gasteiger partial charge on any atom is 0.241 e. The van der Waals surface area contributed by atoms with Crippen LogP contribution in [0.25, 0.3) is 0 Å². The number of nitrogens with zero attached hydrogens (tertiary/aromatic N) is 1. The van der Waals surface area contributed by atoms with E-state index < -0.39 is 0 Å². The van der Waals surface area contributed by atoms with Gasteiger partial charge in [0.25, 0.3) is 0 Å². The summed E-state index contributed by atoms with van der Waals surface area (Å²) < 4.78 is 0. The summed E-state index contributed by atoms with van der Waals surface area (Å²) in [5.74, 6) is 0.716. The van der Waals surface area contributed by atoms with E-state index in [2.05, 4.69) is 69.1 Å². The van der Waals surface area contributed by atoms with Crippen molar-refractivity contribution in [2.75, 3.05) is 0 Å². The van der Waals surface area contributed by atoms with Gasteiger partial charge < -0.3 is 4.90 Å². The van der Waals surface area contributed by atoms with Gasteiger partial charge in [0.15, 0.2) is 0 Å². The minimum absolute atomic E-state index is 0.00963. The van der Waals surface area contributed by atoms with Gasteiger partial charge in [-0.25, -0.2) is 0 Å². The summed E-state index contributed by atoms with van der Waals surface area (Å²) in [6.45, 7) is 10.7. The predicted octanol–water partition coefficient (Wildman–Crippen LogP) is 3.64. The maximum atomic E-state index is 12.8. The molecular weight excluding hydrogens is 260 g/mol. The maximum absolute atomic E-state index is 12.8. The van der Waals surface area contributed by atoms with Gasteiger partial charge in [0.2, 0.25) is 5.91 Å². The van der Waals surface area contributed by atoms with Crippen LogP contribution in [0.5, 0.6) is 0 Å². The van der Waals surface area contributed by atoms with E-state index in [1.54, 1.807) is 0 Å². The molecule has 1 heterocycles. The first-order valence-electron chi connectivity index (χ1n) is 8.14. The smallest absolute Gasteiger partial charge is 0.241 e. The third-order valence-corrected chi connectivity index (χ3v) is 4.54. The SMILES string of the molecule is CCC1NC(c2ccc(C)cc2)N(C(CC)C(C)C)C1=O. The zero-order valence-electron chi connectivity index (χ0n) is 13.9. The zero-order chi connectivity index (χ0) is 15.6. The van der Waals surface area contributed by atoms with E-state index in [1.807, 2.05) is 0 Å². The van der Waals surface area contributed by atoms with E-state index in [0.717, 1.165) is 12.8 Å². The fourth-order valence-electron chi connectivity index (χ4n) is 3.29. The lowest BCUT2D eigenvalue weighted by atomic mass is 9.98. The van der Waals surface area contributed by atoms with Crippen molar-refractivity contribution in [3.05, 3.63) is 35.4 Å². The second-order valence-electron chi connectivity index (χ2n) is 6.41. The Morgan fingerprint density at radius 2 is 1.81 bits per heavy atom. The molecular formula is C18H28N2O. The normalized spacial score (nSPS) is 23.9. The van der Waals surface area contributed by atoms with Crippen LogP contribution in [0.4, 0.5) is 0 Å². The van der Waals surface area contributed by atoms with Crippen molar-refractivity contribution in [2.45, 2.75) is 65.7 Å². The quantitative estimate of drug-likeness (QED) is 0.897. The van der Waals surface area contributed by atoms with Crippen LogP contribution < -0.4 is 5.32 Å². The fourth-order valence-corrected chi connectivity index (χ4v) is 3.29. The van der Waals surface area contributed by atoms with E-state index in [9.17, 15) is 4.79 Å². The van der Waals surface area contributed by atoms with E-state index >= 15 is 0 Å². The van der Waals surface area contributed by atoms with Gasteiger partial charge in [0.1, 0.15) is 6.17 Å². The molecule has 1 aliphatic rings. The van der Waals surface area contributed by atoms with Crippen molar-refractivity contribution in [1.82, 2.24) is 10.2 Å². The molecule has 1 fully saturated rings. The summed E-state index contributed by atoms with van der Waals surface area (Å²) in [6, 6.07) is 8.75. The topological polar surface area (TPSA) is 32.3 Å². The third kappa shape index (κ3) is 3.13. The third-order valence-electron chi connectivity index (χ3n) is 4.54. The molecule has 1 amide bonds. The molecule has 0 aliphatic carbocycles. The Balaban J connectivity index is 2.36. The Morgan fingerprint density at radius 3 is 2.29 bits per heavy atom. The Bertz CT molecular complexity index is 480. The Kier molecular flexibility index (Phi) is 5.04. The van der Waals surface area contributed by atoms with Gasteiger partial charge in [-0.05, 0) is 31.2 Å². The first kappa shape index (κ1) is 16.0. The predicted molar refractivity (Wildman–Crippen MR) is 86.9 cm³/mol. The molecule has 21 heavy (non-hydrogen) atoms. The molecule has 116 valence electrons. The zero-order valence-corrected chi connectivity index (χ0v) is 13.9. The molecule has 0 aromatic heterocycles. The summed E-state index contributed by atoms with van der Waals surface area (Å²) in [5, 5.41) is 3.52. The van der Waals surface area contributed by atoms with Crippen molar-refractivity contribution in [2.24, 2.45) is 5.92 Å². The molecule has 1 N–H and O–H groups in total. The van der Waals surface area contributed by atoms with Crippen molar-refractivity contribution in [3.8, 4) is 0 Å². The van der Waals surface area contributed by atoms with Crippen molar-refractivity contribution in [1.29, 1.82) is 0 Å². The molecule has 2 rings (SSSR count). The number of hydrogen-bond donors (Lipinski definition) is 1. The van der Waals surface area contributed by atoms with Crippen LogP contribution in [0.2, 0.25) is 0 Å². The minimum atomic E-state index is -0.0518. The molecule has 0 bridgehead atoms. The number of nitrogens with one attached hydrogen (secondary N) is 1. The molecule has 3 unspecified atom stereocenters. The number of rotatable bonds is 5. The number of aryl methyl sites for hydroxylation is 1. The standard InChI is InChI=1S/C18H28N2O/c1-6-15-18(21)20(16(7-2)12(3)4)17(19-15)14-10-8-13(5)9-11-14/h8-12,15-17,19H,6-7H2,1-5H3. The minimum Gasteiger partial charge on any atom is -0.318 e. The molecule has 3 nitrogen and oxygen atoms in total. The van der Waals surface area contributed by atoms with Crippen LogP contribution in [0.15, 0.2) is 24.3 Å². The lowest BCUT2D eigenvalue weighted by molar-refractivity contribution is -0.133. The van der Waals surface area contributed by atoms with Crippen LogP contribution in [0.3, 0.4) is 0 Å². The van der Waals surface area contributed by atoms with Crippen LogP contribution >= 0.6 is 0 Å². The monoisotopic (exact) mass is 288 g/mol. The Hall–Kier alpha value is -1.35. The number of carbonyl (C=O) groups is 1.